The van der Waals surface area contributed by atoms with Crippen LogP contribution in [0.3, 0.4) is 0 Å². The largest absolute Gasteiger partial charge is 0.383 e. The van der Waals surface area contributed by atoms with Gasteiger partial charge in [0.25, 0.3) is 5.91 Å². The predicted octanol–water partition coefficient (Wildman–Crippen LogP) is 1.36. The SMILES string of the molecule is COCCNCc1ccc(-n2cc(C(N)=O)cn2)cc1Cl. The molecule has 2 aromatic rings. The van der Waals surface area contributed by atoms with Crippen LogP contribution in [0.15, 0.2) is 30.6 Å². The highest BCUT2D eigenvalue weighted by Gasteiger charge is 2.07. The molecule has 0 radical (unpaired) electrons. The second kappa shape index (κ2) is 7.21. The fourth-order valence-electron chi connectivity index (χ4n) is 1.81. The third-order valence-corrected chi connectivity index (χ3v) is 3.32. The number of hydrogen-bond donors (Lipinski definition) is 2. The van der Waals surface area contributed by atoms with Gasteiger partial charge in [-0.1, -0.05) is 17.7 Å². The number of carbonyl (C=O) groups excluding carboxylic acids is 1. The van der Waals surface area contributed by atoms with Crippen molar-refractivity contribution < 1.29 is 9.53 Å². The molecule has 1 aromatic heterocycles. The van der Waals surface area contributed by atoms with Gasteiger partial charge < -0.3 is 15.8 Å². The van der Waals surface area contributed by atoms with Crippen LogP contribution in [0.5, 0.6) is 0 Å². The monoisotopic (exact) mass is 308 g/mol. The Labute approximate surface area is 127 Å². The first kappa shape index (κ1) is 15.5. The fraction of sp³-hybridized carbons (Fsp3) is 0.286. The normalized spacial score (nSPS) is 10.8. The van der Waals surface area contributed by atoms with Crippen molar-refractivity contribution in [1.29, 1.82) is 0 Å². The van der Waals surface area contributed by atoms with Crippen LogP contribution in [-0.4, -0.2) is 35.9 Å². The molecule has 112 valence electrons. The molecule has 6 nitrogen and oxygen atoms in total. The second-order valence-electron chi connectivity index (χ2n) is 4.48. The number of ether oxygens (including phenoxy) is 1. The van der Waals surface area contributed by atoms with E-state index in [0.29, 0.717) is 23.7 Å². The lowest BCUT2D eigenvalue weighted by Gasteiger charge is -2.08. The van der Waals surface area contributed by atoms with Gasteiger partial charge in [0.05, 0.1) is 24.1 Å². The molecule has 0 fully saturated rings. The Hall–Kier alpha value is -1.89. The number of aromatic nitrogens is 2. The van der Waals surface area contributed by atoms with Gasteiger partial charge in [0.2, 0.25) is 0 Å². The molecule has 1 aromatic carbocycles. The quantitative estimate of drug-likeness (QED) is 0.757. The van der Waals surface area contributed by atoms with Gasteiger partial charge >= 0.3 is 0 Å². The highest BCUT2D eigenvalue weighted by atomic mass is 35.5. The number of rotatable bonds is 7. The molecule has 0 saturated carbocycles. The summed E-state index contributed by atoms with van der Waals surface area (Å²) in [6.07, 6.45) is 3.00. The van der Waals surface area contributed by atoms with E-state index in [0.717, 1.165) is 17.8 Å². The summed E-state index contributed by atoms with van der Waals surface area (Å²) in [5, 5.41) is 7.95. The van der Waals surface area contributed by atoms with Crippen LogP contribution < -0.4 is 11.1 Å². The average Bonchev–Trinajstić information content (AvgIpc) is 2.95. The number of methoxy groups -OCH3 is 1. The van der Waals surface area contributed by atoms with E-state index in [1.165, 1.54) is 6.20 Å². The molecule has 0 unspecified atom stereocenters. The van der Waals surface area contributed by atoms with Crippen LogP contribution >= 0.6 is 11.6 Å². The van der Waals surface area contributed by atoms with Crippen molar-refractivity contribution in [1.82, 2.24) is 15.1 Å². The fourth-order valence-corrected chi connectivity index (χ4v) is 2.05. The summed E-state index contributed by atoms with van der Waals surface area (Å²) in [4.78, 5) is 11.1. The van der Waals surface area contributed by atoms with Gasteiger partial charge in [0, 0.05) is 31.4 Å². The Bertz CT molecular complexity index is 627. The number of nitrogens with two attached hydrogens (primary N) is 1. The summed E-state index contributed by atoms with van der Waals surface area (Å²) in [5.74, 6) is -0.508. The molecule has 21 heavy (non-hydrogen) atoms. The van der Waals surface area contributed by atoms with Crippen molar-refractivity contribution >= 4 is 17.5 Å². The zero-order valence-electron chi connectivity index (χ0n) is 11.7. The molecule has 7 heteroatoms. The zero-order chi connectivity index (χ0) is 15.2. The maximum Gasteiger partial charge on any atom is 0.251 e. The summed E-state index contributed by atoms with van der Waals surface area (Å²) in [6, 6.07) is 5.60. The minimum absolute atomic E-state index is 0.358. The molecule has 0 aliphatic carbocycles. The van der Waals surface area contributed by atoms with Gasteiger partial charge in [-0.05, 0) is 17.7 Å². The van der Waals surface area contributed by atoms with Crippen LogP contribution in [0.4, 0.5) is 0 Å². The molecule has 1 heterocycles. The van der Waals surface area contributed by atoms with E-state index < -0.39 is 5.91 Å². The van der Waals surface area contributed by atoms with E-state index in [1.54, 1.807) is 24.1 Å². The van der Waals surface area contributed by atoms with Crippen molar-refractivity contribution in [3.8, 4) is 5.69 Å². The topological polar surface area (TPSA) is 82.2 Å². The van der Waals surface area contributed by atoms with E-state index in [4.69, 9.17) is 22.1 Å². The number of nitrogens with zero attached hydrogens (tertiary/aromatic N) is 2. The third kappa shape index (κ3) is 4.04. The summed E-state index contributed by atoms with van der Waals surface area (Å²) in [6.45, 7) is 2.07. The van der Waals surface area contributed by atoms with Crippen molar-refractivity contribution in [2.45, 2.75) is 6.54 Å². The highest BCUT2D eigenvalue weighted by Crippen LogP contribution is 2.20. The summed E-state index contributed by atoms with van der Waals surface area (Å²) in [7, 11) is 1.66. The Balaban J connectivity index is 2.08. The van der Waals surface area contributed by atoms with Gasteiger partial charge in [-0.2, -0.15) is 5.10 Å². The van der Waals surface area contributed by atoms with Crippen LogP contribution in [0, 0.1) is 0 Å². The molecule has 0 aliphatic heterocycles. The molecule has 0 bridgehead atoms. The number of halogens is 1. The third-order valence-electron chi connectivity index (χ3n) is 2.97. The van der Waals surface area contributed by atoms with E-state index >= 15 is 0 Å². The van der Waals surface area contributed by atoms with Gasteiger partial charge in [-0.3, -0.25) is 4.79 Å². The van der Waals surface area contributed by atoms with Crippen molar-refractivity contribution in [2.75, 3.05) is 20.3 Å². The lowest BCUT2D eigenvalue weighted by molar-refractivity contribution is 0.100. The number of carbonyl (C=O) groups is 1. The van der Waals surface area contributed by atoms with E-state index in [2.05, 4.69) is 10.4 Å². The molecule has 3 N–H and O–H groups in total. The minimum atomic E-state index is -0.508. The summed E-state index contributed by atoms with van der Waals surface area (Å²) < 4.78 is 6.53. The number of benzene rings is 1. The van der Waals surface area contributed by atoms with Crippen LogP contribution in [0.1, 0.15) is 15.9 Å². The molecule has 1 amide bonds. The first-order valence-corrected chi connectivity index (χ1v) is 6.82. The van der Waals surface area contributed by atoms with E-state index in [9.17, 15) is 4.79 Å². The zero-order valence-corrected chi connectivity index (χ0v) is 12.4. The Morgan fingerprint density at radius 1 is 1.52 bits per heavy atom. The summed E-state index contributed by atoms with van der Waals surface area (Å²) in [5.41, 5.74) is 7.32. The van der Waals surface area contributed by atoms with Crippen molar-refractivity contribution in [3.63, 3.8) is 0 Å². The first-order chi connectivity index (χ1) is 10.1. The molecular weight excluding hydrogens is 292 g/mol. The highest BCUT2D eigenvalue weighted by molar-refractivity contribution is 6.31. The van der Waals surface area contributed by atoms with Gasteiger partial charge in [-0.25, -0.2) is 4.68 Å². The van der Waals surface area contributed by atoms with E-state index in [1.807, 2.05) is 12.1 Å². The van der Waals surface area contributed by atoms with Crippen LogP contribution in [0.25, 0.3) is 5.69 Å². The summed E-state index contributed by atoms with van der Waals surface area (Å²) >= 11 is 6.26. The predicted molar refractivity (Wildman–Crippen MR) is 80.7 cm³/mol. The number of hydrogen-bond acceptors (Lipinski definition) is 4. The smallest absolute Gasteiger partial charge is 0.251 e. The first-order valence-electron chi connectivity index (χ1n) is 6.44. The number of amides is 1. The van der Waals surface area contributed by atoms with Crippen molar-refractivity contribution in [2.24, 2.45) is 5.73 Å². The minimum Gasteiger partial charge on any atom is -0.383 e. The van der Waals surface area contributed by atoms with Gasteiger partial charge in [0.15, 0.2) is 0 Å². The molecule has 0 aliphatic rings. The number of nitrogens with one attached hydrogen (secondary N) is 1. The molecule has 0 saturated heterocycles. The second-order valence-corrected chi connectivity index (χ2v) is 4.89. The molecule has 0 atom stereocenters. The Morgan fingerprint density at radius 3 is 2.95 bits per heavy atom. The Morgan fingerprint density at radius 2 is 2.33 bits per heavy atom. The van der Waals surface area contributed by atoms with Gasteiger partial charge in [0.1, 0.15) is 0 Å². The van der Waals surface area contributed by atoms with Crippen molar-refractivity contribution in [3.05, 3.63) is 46.7 Å². The maximum atomic E-state index is 11.1. The molecule has 2 rings (SSSR count). The van der Waals surface area contributed by atoms with E-state index in [-0.39, 0.29) is 0 Å². The molecule has 0 spiro atoms. The standard InChI is InChI=1S/C14H17ClN4O2/c1-21-5-4-17-7-10-2-3-12(6-13(10)15)19-9-11(8-18-19)14(16)20/h2-3,6,8-9,17H,4-5,7H2,1H3,(H2,16,20). The Kier molecular flexibility index (Phi) is 5.32. The average molecular weight is 309 g/mol. The maximum absolute atomic E-state index is 11.1. The van der Waals surface area contributed by atoms with Gasteiger partial charge in [-0.15, -0.1) is 0 Å². The lowest BCUT2D eigenvalue weighted by atomic mass is 10.2. The van der Waals surface area contributed by atoms with Crippen LogP contribution in [0.2, 0.25) is 5.02 Å². The van der Waals surface area contributed by atoms with Crippen LogP contribution in [-0.2, 0) is 11.3 Å². The molecular formula is C14H17ClN4O2. The lowest BCUT2D eigenvalue weighted by Crippen LogP contribution is -2.18. The number of primary amides is 1.